The van der Waals surface area contributed by atoms with Gasteiger partial charge in [0.25, 0.3) is 0 Å². The van der Waals surface area contributed by atoms with Crippen LogP contribution in [0.25, 0.3) is 16.9 Å². The van der Waals surface area contributed by atoms with Gasteiger partial charge in [-0.15, -0.1) is 0 Å². The third-order valence-electron chi connectivity index (χ3n) is 5.66. The molecule has 10 nitrogen and oxygen atoms in total. The van der Waals surface area contributed by atoms with E-state index in [2.05, 4.69) is 9.84 Å². The number of hydrogen-bond acceptors (Lipinski definition) is 9. The van der Waals surface area contributed by atoms with Crippen LogP contribution in [0.4, 0.5) is 0 Å². The number of carbonyl (C=O) groups excluding carboxylic acids is 3. The van der Waals surface area contributed by atoms with E-state index in [1.807, 2.05) is 6.07 Å². The van der Waals surface area contributed by atoms with E-state index in [0.717, 1.165) is 0 Å². The minimum atomic E-state index is -0.734. The number of methoxy groups -OCH3 is 3. The Morgan fingerprint density at radius 3 is 1.97 bits per heavy atom. The Hall–Kier alpha value is -5.12. The van der Waals surface area contributed by atoms with Gasteiger partial charge < -0.3 is 23.7 Å². The summed E-state index contributed by atoms with van der Waals surface area (Å²) in [6.45, 7) is 0.461. The van der Waals surface area contributed by atoms with Crippen LogP contribution in [0, 0.1) is 0 Å². The van der Waals surface area contributed by atoms with Gasteiger partial charge in [-0.05, 0) is 48.5 Å². The number of nitrogens with zero attached hydrogens (tertiary/aromatic N) is 2. The lowest BCUT2D eigenvalue weighted by atomic mass is 10.1. The molecule has 4 rings (SSSR count). The standard InChI is InChI=1S/C29H26N2O8/c1-35-27(32)19-12-14-22(15-13-19)38-16-17-39-23-11-7-8-20(18-23)25-24(28(33)36-2)26(29(34)37-3)31(30-25)21-9-5-4-6-10-21/h4-15,18H,16-17H2,1-3H3. The normalized spacial score (nSPS) is 10.4. The van der Waals surface area contributed by atoms with E-state index in [4.69, 9.17) is 18.9 Å². The number of hydrogen-bond donors (Lipinski definition) is 0. The van der Waals surface area contributed by atoms with Crippen molar-refractivity contribution in [2.24, 2.45) is 0 Å². The summed E-state index contributed by atoms with van der Waals surface area (Å²) in [6, 6.07) is 22.4. The Bertz CT molecular complexity index is 1460. The number of para-hydroxylation sites is 1. The summed E-state index contributed by atoms with van der Waals surface area (Å²) < 4.78 is 27.5. The van der Waals surface area contributed by atoms with Gasteiger partial charge in [0.15, 0.2) is 5.69 Å². The highest BCUT2D eigenvalue weighted by atomic mass is 16.5. The molecule has 0 saturated carbocycles. The van der Waals surface area contributed by atoms with Crippen LogP contribution in [0.1, 0.15) is 31.2 Å². The Balaban J connectivity index is 1.56. The van der Waals surface area contributed by atoms with E-state index in [-0.39, 0.29) is 30.2 Å². The van der Waals surface area contributed by atoms with E-state index >= 15 is 0 Å². The van der Waals surface area contributed by atoms with E-state index in [0.29, 0.717) is 28.3 Å². The van der Waals surface area contributed by atoms with Gasteiger partial charge in [-0.2, -0.15) is 5.10 Å². The first kappa shape index (κ1) is 26.9. The minimum Gasteiger partial charge on any atom is -0.490 e. The second-order valence-corrected chi connectivity index (χ2v) is 8.04. The predicted molar refractivity (Wildman–Crippen MR) is 140 cm³/mol. The van der Waals surface area contributed by atoms with Crippen LogP contribution in [-0.4, -0.2) is 62.2 Å². The largest absolute Gasteiger partial charge is 0.490 e. The van der Waals surface area contributed by atoms with Gasteiger partial charge in [-0.25, -0.2) is 19.1 Å². The van der Waals surface area contributed by atoms with Crippen molar-refractivity contribution in [3.8, 4) is 28.4 Å². The second-order valence-electron chi connectivity index (χ2n) is 8.04. The maximum Gasteiger partial charge on any atom is 0.357 e. The van der Waals surface area contributed by atoms with Crippen molar-refractivity contribution in [1.82, 2.24) is 9.78 Å². The summed E-state index contributed by atoms with van der Waals surface area (Å²) in [5.41, 5.74) is 1.69. The maximum absolute atomic E-state index is 12.8. The topological polar surface area (TPSA) is 115 Å². The van der Waals surface area contributed by atoms with E-state index in [1.54, 1.807) is 72.8 Å². The summed E-state index contributed by atoms with van der Waals surface area (Å²) in [7, 11) is 3.78. The molecule has 0 radical (unpaired) electrons. The Kier molecular flexibility index (Phi) is 8.57. The summed E-state index contributed by atoms with van der Waals surface area (Å²) in [5, 5.41) is 4.59. The molecular formula is C29H26N2O8. The van der Waals surface area contributed by atoms with Crippen molar-refractivity contribution in [2.45, 2.75) is 0 Å². The van der Waals surface area contributed by atoms with Crippen LogP contribution in [0.3, 0.4) is 0 Å². The smallest absolute Gasteiger partial charge is 0.357 e. The lowest BCUT2D eigenvalue weighted by molar-refractivity contribution is 0.0549. The Morgan fingerprint density at radius 1 is 0.692 bits per heavy atom. The summed E-state index contributed by atoms with van der Waals surface area (Å²) in [5.74, 6) is -0.813. The number of aromatic nitrogens is 2. The molecule has 0 atom stereocenters. The SMILES string of the molecule is COC(=O)c1ccc(OCCOc2cccc(-c3nn(-c4ccccc4)c(C(=O)OC)c3C(=O)OC)c2)cc1. The fraction of sp³-hybridized carbons (Fsp3) is 0.172. The van der Waals surface area contributed by atoms with E-state index in [1.165, 1.54) is 26.0 Å². The van der Waals surface area contributed by atoms with Crippen molar-refractivity contribution in [3.05, 3.63) is 95.7 Å². The number of rotatable bonds is 10. The summed E-state index contributed by atoms with van der Waals surface area (Å²) in [4.78, 5) is 37.2. The first-order valence-corrected chi connectivity index (χ1v) is 11.9. The first-order valence-electron chi connectivity index (χ1n) is 11.9. The first-order chi connectivity index (χ1) is 19.0. The van der Waals surface area contributed by atoms with Gasteiger partial charge in [0, 0.05) is 5.56 Å². The van der Waals surface area contributed by atoms with Crippen molar-refractivity contribution < 1.29 is 38.1 Å². The molecule has 0 unspecified atom stereocenters. The molecule has 39 heavy (non-hydrogen) atoms. The lowest BCUT2D eigenvalue weighted by Gasteiger charge is -2.10. The lowest BCUT2D eigenvalue weighted by Crippen LogP contribution is -2.15. The molecule has 10 heteroatoms. The third-order valence-corrected chi connectivity index (χ3v) is 5.66. The number of benzene rings is 3. The van der Waals surface area contributed by atoms with Gasteiger partial charge >= 0.3 is 17.9 Å². The zero-order valence-electron chi connectivity index (χ0n) is 21.6. The van der Waals surface area contributed by atoms with Gasteiger partial charge in [0.05, 0.1) is 32.6 Å². The molecule has 0 aliphatic rings. The van der Waals surface area contributed by atoms with Crippen molar-refractivity contribution in [3.63, 3.8) is 0 Å². The Labute approximate surface area is 224 Å². The van der Waals surface area contributed by atoms with Crippen LogP contribution >= 0.6 is 0 Å². The number of ether oxygens (including phenoxy) is 5. The summed E-state index contributed by atoms with van der Waals surface area (Å²) >= 11 is 0. The molecular weight excluding hydrogens is 504 g/mol. The minimum absolute atomic E-state index is 0.0240. The molecule has 200 valence electrons. The zero-order chi connectivity index (χ0) is 27.8. The van der Waals surface area contributed by atoms with Crippen LogP contribution in [0.2, 0.25) is 0 Å². The molecule has 0 saturated heterocycles. The number of carbonyl (C=O) groups is 3. The summed E-state index contributed by atoms with van der Waals surface area (Å²) in [6.07, 6.45) is 0. The highest BCUT2D eigenvalue weighted by molar-refractivity contribution is 6.06. The van der Waals surface area contributed by atoms with Gasteiger partial charge in [0.2, 0.25) is 0 Å². The molecule has 3 aromatic carbocycles. The zero-order valence-corrected chi connectivity index (χ0v) is 21.6. The third kappa shape index (κ3) is 6.07. The molecule has 0 N–H and O–H groups in total. The van der Waals surface area contributed by atoms with Gasteiger partial charge in [-0.1, -0.05) is 30.3 Å². The van der Waals surface area contributed by atoms with E-state index in [9.17, 15) is 14.4 Å². The van der Waals surface area contributed by atoms with Gasteiger partial charge in [0.1, 0.15) is 36.0 Å². The molecule has 0 fully saturated rings. The number of esters is 3. The van der Waals surface area contributed by atoms with Crippen molar-refractivity contribution in [1.29, 1.82) is 0 Å². The van der Waals surface area contributed by atoms with Crippen LogP contribution in [0.15, 0.2) is 78.9 Å². The molecule has 4 aromatic rings. The van der Waals surface area contributed by atoms with Crippen molar-refractivity contribution in [2.75, 3.05) is 34.5 Å². The maximum atomic E-state index is 12.8. The molecule has 0 spiro atoms. The average molecular weight is 531 g/mol. The van der Waals surface area contributed by atoms with E-state index < -0.39 is 17.9 Å². The highest BCUT2D eigenvalue weighted by Gasteiger charge is 2.31. The molecule has 1 heterocycles. The Morgan fingerprint density at radius 2 is 1.33 bits per heavy atom. The van der Waals surface area contributed by atoms with Crippen LogP contribution < -0.4 is 9.47 Å². The molecule has 0 aliphatic heterocycles. The van der Waals surface area contributed by atoms with Crippen molar-refractivity contribution >= 4 is 17.9 Å². The van der Waals surface area contributed by atoms with Crippen LogP contribution in [-0.2, 0) is 14.2 Å². The monoisotopic (exact) mass is 530 g/mol. The molecule has 0 bridgehead atoms. The predicted octanol–water partition coefficient (Wildman–Crippen LogP) is 4.36. The fourth-order valence-electron chi connectivity index (χ4n) is 3.81. The van der Waals surface area contributed by atoms with Crippen LogP contribution in [0.5, 0.6) is 11.5 Å². The molecule has 0 aliphatic carbocycles. The average Bonchev–Trinajstić information content (AvgIpc) is 3.40. The highest BCUT2D eigenvalue weighted by Crippen LogP contribution is 2.31. The fourth-order valence-corrected chi connectivity index (χ4v) is 3.81. The quantitative estimate of drug-likeness (QED) is 0.168. The second kappa shape index (κ2) is 12.4. The molecule has 1 aromatic heterocycles. The molecule has 0 amide bonds. The van der Waals surface area contributed by atoms with Gasteiger partial charge in [-0.3, -0.25) is 0 Å².